The summed E-state index contributed by atoms with van der Waals surface area (Å²) in [7, 11) is 3.25. The fourth-order valence-corrected chi connectivity index (χ4v) is 5.10. The van der Waals surface area contributed by atoms with E-state index in [-0.39, 0.29) is 5.91 Å². The predicted octanol–water partition coefficient (Wildman–Crippen LogP) is 5.64. The zero-order valence-electron chi connectivity index (χ0n) is 23.6. The van der Waals surface area contributed by atoms with Crippen molar-refractivity contribution in [1.29, 1.82) is 0 Å². The van der Waals surface area contributed by atoms with Crippen LogP contribution < -0.4 is 9.47 Å². The molecule has 1 aromatic heterocycles. The molecule has 1 aliphatic heterocycles. The Labute approximate surface area is 236 Å². The number of hydrogen-bond donors (Lipinski definition) is 0. The van der Waals surface area contributed by atoms with Gasteiger partial charge in [0.25, 0.3) is 5.91 Å². The first-order valence-corrected chi connectivity index (χ1v) is 13.6. The minimum absolute atomic E-state index is 0.0225. The van der Waals surface area contributed by atoms with Gasteiger partial charge in [-0.05, 0) is 49.2 Å². The zero-order chi connectivity index (χ0) is 28.1. The van der Waals surface area contributed by atoms with E-state index in [1.165, 1.54) is 5.56 Å². The lowest BCUT2D eigenvalue weighted by Crippen LogP contribution is -2.49. The topological polar surface area (TPSA) is 59.8 Å². The fraction of sp³-hybridized carbons (Fsp3) is 0.273. The molecule has 1 aliphatic rings. The number of piperazine rings is 1. The molecule has 0 unspecified atom stereocenters. The van der Waals surface area contributed by atoms with Crippen LogP contribution in [0.5, 0.6) is 11.5 Å². The molecule has 0 spiro atoms. The third-order valence-electron chi connectivity index (χ3n) is 7.33. The van der Waals surface area contributed by atoms with Crippen LogP contribution in [0.15, 0.2) is 78.9 Å². The summed E-state index contributed by atoms with van der Waals surface area (Å²) in [5.74, 6) is 1.31. The first-order chi connectivity index (χ1) is 19.5. The van der Waals surface area contributed by atoms with Crippen LogP contribution in [0.25, 0.3) is 23.0 Å². The van der Waals surface area contributed by atoms with Gasteiger partial charge in [-0.15, -0.1) is 0 Å². The quantitative estimate of drug-likeness (QED) is 0.292. The van der Waals surface area contributed by atoms with Gasteiger partial charge in [-0.2, -0.15) is 5.10 Å². The lowest BCUT2D eigenvalue weighted by Gasteiger charge is -2.34. The number of aromatic nitrogens is 2. The van der Waals surface area contributed by atoms with Crippen LogP contribution in [0, 0.1) is 13.8 Å². The Morgan fingerprint density at radius 1 is 0.900 bits per heavy atom. The molecule has 3 aromatic carbocycles. The van der Waals surface area contributed by atoms with Gasteiger partial charge in [0.05, 0.1) is 25.6 Å². The van der Waals surface area contributed by atoms with E-state index in [4.69, 9.17) is 14.6 Å². The molecule has 5 rings (SSSR count). The Bertz CT molecular complexity index is 1500. The second-order valence-electron chi connectivity index (χ2n) is 10.1. The molecule has 40 heavy (non-hydrogen) atoms. The fourth-order valence-electron chi connectivity index (χ4n) is 5.10. The highest BCUT2D eigenvalue weighted by Gasteiger charge is 2.27. The molecule has 4 aromatic rings. The van der Waals surface area contributed by atoms with Crippen LogP contribution in [0.2, 0.25) is 0 Å². The average molecular weight is 537 g/mol. The number of methoxy groups -OCH3 is 2. The number of amides is 1. The zero-order valence-corrected chi connectivity index (χ0v) is 23.6. The SMILES string of the molecule is COc1ccc(-c2cc(C(=O)N3CCN(CC=Cc4ccccc4)CC3)n(-c3ccc(C)cc3C)n2)c(OC)c1. The Balaban J connectivity index is 1.39. The third kappa shape index (κ3) is 5.95. The summed E-state index contributed by atoms with van der Waals surface area (Å²) >= 11 is 0. The van der Waals surface area contributed by atoms with E-state index in [0.717, 1.165) is 42.0 Å². The summed E-state index contributed by atoms with van der Waals surface area (Å²) in [6.07, 6.45) is 4.34. The Hall–Kier alpha value is -4.36. The number of benzene rings is 3. The molecular formula is C33H36N4O3. The number of carbonyl (C=O) groups is 1. The van der Waals surface area contributed by atoms with Crippen molar-refractivity contribution >= 4 is 12.0 Å². The molecule has 0 atom stereocenters. The summed E-state index contributed by atoms with van der Waals surface area (Å²) in [6, 6.07) is 24.0. The second-order valence-corrected chi connectivity index (χ2v) is 10.1. The van der Waals surface area contributed by atoms with Crippen LogP contribution in [0.1, 0.15) is 27.2 Å². The van der Waals surface area contributed by atoms with E-state index >= 15 is 0 Å². The normalized spacial score (nSPS) is 14.1. The number of aryl methyl sites for hydroxylation is 2. The van der Waals surface area contributed by atoms with Crippen molar-refractivity contribution in [3.8, 4) is 28.4 Å². The van der Waals surface area contributed by atoms with Gasteiger partial charge in [0.15, 0.2) is 0 Å². The maximum atomic E-state index is 14.0. The first-order valence-electron chi connectivity index (χ1n) is 13.6. The van der Waals surface area contributed by atoms with E-state index in [1.54, 1.807) is 18.9 Å². The molecule has 0 N–H and O–H groups in total. The van der Waals surface area contributed by atoms with Crippen molar-refractivity contribution in [3.05, 3.63) is 101 Å². The van der Waals surface area contributed by atoms with Gasteiger partial charge in [-0.3, -0.25) is 9.69 Å². The lowest BCUT2D eigenvalue weighted by atomic mass is 10.1. The minimum Gasteiger partial charge on any atom is -0.497 e. The maximum absolute atomic E-state index is 14.0. The van der Waals surface area contributed by atoms with E-state index in [2.05, 4.69) is 42.2 Å². The third-order valence-corrected chi connectivity index (χ3v) is 7.33. The minimum atomic E-state index is -0.0225. The summed E-state index contributed by atoms with van der Waals surface area (Å²) in [5.41, 5.74) is 6.31. The smallest absolute Gasteiger partial charge is 0.272 e. The Kier molecular flexibility index (Phi) is 8.31. The summed E-state index contributed by atoms with van der Waals surface area (Å²) < 4.78 is 12.8. The van der Waals surface area contributed by atoms with Gasteiger partial charge in [-0.25, -0.2) is 4.68 Å². The second kappa shape index (κ2) is 12.2. The Morgan fingerprint density at radius 3 is 2.38 bits per heavy atom. The molecule has 7 heteroatoms. The van der Waals surface area contributed by atoms with Crippen molar-refractivity contribution in [1.82, 2.24) is 19.6 Å². The van der Waals surface area contributed by atoms with Gasteiger partial charge < -0.3 is 14.4 Å². The van der Waals surface area contributed by atoms with Crippen LogP contribution in [0.3, 0.4) is 0 Å². The molecule has 0 radical (unpaired) electrons. The standard InChI is InChI=1S/C33H36N4O3/c1-24-12-15-30(25(2)21-24)37-31(23-29(34-37)28-14-13-27(39-3)22-32(28)40-4)33(38)36-19-17-35(18-20-36)16-8-11-26-9-6-5-7-10-26/h5-15,21-23H,16-20H2,1-4H3. The number of hydrogen-bond acceptors (Lipinski definition) is 5. The molecular weight excluding hydrogens is 500 g/mol. The summed E-state index contributed by atoms with van der Waals surface area (Å²) in [5, 5.41) is 4.93. The molecule has 0 aliphatic carbocycles. The molecule has 1 fully saturated rings. The van der Waals surface area contributed by atoms with Gasteiger partial charge in [0.2, 0.25) is 0 Å². The molecule has 0 bridgehead atoms. The molecule has 7 nitrogen and oxygen atoms in total. The number of carbonyl (C=O) groups excluding carboxylic acids is 1. The average Bonchev–Trinajstić information content (AvgIpc) is 3.42. The number of nitrogens with zero attached hydrogens (tertiary/aromatic N) is 4. The van der Waals surface area contributed by atoms with Crippen molar-refractivity contribution in [2.75, 3.05) is 46.9 Å². The molecule has 206 valence electrons. The van der Waals surface area contributed by atoms with Crippen molar-refractivity contribution in [2.24, 2.45) is 0 Å². The van der Waals surface area contributed by atoms with E-state index < -0.39 is 0 Å². The summed E-state index contributed by atoms with van der Waals surface area (Å²) in [6.45, 7) is 7.94. The molecule has 2 heterocycles. The lowest BCUT2D eigenvalue weighted by molar-refractivity contribution is 0.0641. The highest BCUT2D eigenvalue weighted by Crippen LogP contribution is 2.34. The number of ether oxygens (including phenoxy) is 2. The van der Waals surface area contributed by atoms with Crippen LogP contribution in [0.4, 0.5) is 0 Å². The summed E-state index contributed by atoms with van der Waals surface area (Å²) in [4.78, 5) is 18.3. The van der Waals surface area contributed by atoms with Crippen molar-refractivity contribution < 1.29 is 14.3 Å². The molecule has 1 saturated heterocycles. The largest absolute Gasteiger partial charge is 0.497 e. The van der Waals surface area contributed by atoms with E-state index in [9.17, 15) is 4.79 Å². The molecule has 0 saturated carbocycles. The van der Waals surface area contributed by atoms with Gasteiger partial charge in [0, 0.05) is 44.4 Å². The first kappa shape index (κ1) is 27.2. The highest BCUT2D eigenvalue weighted by atomic mass is 16.5. The highest BCUT2D eigenvalue weighted by molar-refractivity contribution is 5.95. The van der Waals surface area contributed by atoms with Gasteiger partial charge >= 0.3 is 0 Å². The van der Waals surface area contributed by atoms with Gasteiger partial charge in [0.1, 0.15) is 17.2 Å². The van der Waals surface area contributed by atoms with Crippen molar-refractivity contribution in [2.45, 2.75) is 13.8 Å². The van der Waals surface area contributed by atoms with Crippen LogP contribution >= 0.6 is 0 Å². The molecule has 1 amide bonds. The maximum Gasteiger partial charge on any atom is 0.272 e. The number of rotatable bonds is 8. The predicted molar refractivity (Wildman–Crippen MR) is 159 cm³/mol. The Morgan fingerprint density at radius 2 is 1.68 bits per heavy atom. The van der Waals surface area contributed by atoms with Crippen molar-refractivity contribution in [3.63, 3.8) is 0 Å². The van der Waals surface area contributed by atoms with Crippen LogP contribution in [-0.2, 0) is 0 Å². The van der Waals surface area contributed by atoms with Gasteiger partial charge in [-0.1, -0.05) is 60.2 Å². The van der Waals surface area contributed by atoms with E-state index in [0.29, 0.717) is 36.0 Å². The van der Waals surface area contributed by atoms with Crippen LogP contribution in [-0.4, -0.2) is 72.4 Å². The van der Waals surface area contributed by atoms with E-state index in [1.807, 2.05) is 66.4 Å². The monoisotopic (exact) mass is 536 g/mol.